The Bertz CT molecular complexity index is 790. The van der Waals surface area contributed by atoms with Crippen LogP contribution >= 0.6 is 11.6 Å². The number of hydrogen-bond donors (Lipinski definition) is 1. The van der Waals surface area contributed by atoms with Gasteiger partial charge in [0, 0.05) is 12.1 Å². The average Bonchev–Trinajstić information content (AvgIpc) is 3.22. The van der Waals surface area contributed by atoms with E-state index in [1.165, 1.54) is 38.5 Å². The first-order chi connectivity index (χ1) is 13.8. The van der Waals surface area contributed by atoms with Gasteiger partial charge in [-0.2, -0.15) is 5.10 Å². The number of ketones is 1. The topological polar surface area (TPSA) is 55.1 Å². The summed E-state index contributed by atoms with van der Waals surface area (Å²) < 4.78 is 1.70. The maximum atomic E-state index is 13.2. The van der Waals surface area contributed by atoms with Crippen LogP contribution in [-0.4, -0.2) is 26.3 Å². The van der Waals surface area contributed by atoms with Crippen molar-refractivity contribution in [3.8, 4) is 0 Å². The van der Waals surface area contributed by atoms with Crippen LogP contribution in [0.4, 0.5) is 0 Å². The lowest BCUT2D eigenvalue weighted by Crippen LogP contribution is -2.51. The Kier molecular flexibility index (Phi) is 4.90. The summed E-state index contributed by atoms with van der Waals surface area (Å²) >= 11 is 5.98. The molecule has 0 radical (unpaired) electrons. The van der Waals surface area contributed by atoms with Gasteiger partial charge in [0.2, 0.25) is 0 Å². The molecule has 4 aliphatic rings. The number of halogens is 1. The smallest absolute Gasteiger partial charge is 0.157 e. The quantitative estimate of drug-likeness (QED) is 0.740. The summed E-state index contributed by atoms with van der Waals surface area (Å²) in [7, 11) is 0. The molecule has 0 amide bonds. The second-order valence-electron chi connectivity index (χ2n) is 11.2. The Morgan fingerprint density at radius 1 is 1.14 bits per heavy atom. The van der Waals surface area contributed by atoms with Gasteiger partial charge in [-0.1, -0.05) is 18.5 Å². The number of hydrogen-bond acceptors (Lipinski definition) is 3. The third-order valence-electron chi connectivity index (χ3n) is 9.55. The van der Waals surface area contributed by atoms with Crippen molar-refractivity contribution in [2.24, 2.45) is 40.9 Å². The summed E-state index contributed by atoms with van der Waals surface area (Å²) in [5.41, 5.74) is -0.292. The Morgan fingerprint density at radius 3 is 2.69 bits per heavy atom. The molecule has 4 saturated carbocycles. The SMILES string of the molecule is C[C@@]1(O)CC[C@H]2[C@@H](CC[C@@H]3[C@@H]2CC[C@]2(C)[C@@H](C(=O)Cn4cc(Cl)cn4)CC[C@@H]32)C1. The van der Waals surface area contributed by atoms with Crippen LogP contribution in [0.2, 0.25) is 5.02 Å². The van der Waals surface area contributed by atoms with Crippen molar-refractivity contribution in [2.45, 2.75) is 83.8 Å². The Hall–Kier alpha value is -0.870. The zero-order chi connectivity index (χ0) is 20.4. The van der Waals surface area contributed by atoms with Crippen molar-refractivity contribution in [1.29, 1.82) is 0 Å². The van der Waals surface area contributed by atoms with Gasteiger partial charge in [0.25, 0.3) is 0 Å². The highest BCUT2D eigenvalue weighted by Crippen LogP contribution is 2.64. The van der Waals surface area contributed by atoms with Gasteiger partial charge in [0.15, 0.2) is 5.78 Å². The van der Waals surface area contributed by atoms with E-state index in [2.05, 4.69) is 12.0 Å². The average molecular weight is 419 g/mol. The van der Waals surface area contributed by atoms with E-state index in [4.69, 9.17) is 11.6 Å². The van der Waals surface area contributed by atoms with Gasteiger partial charge >= 0.3 is 0 Å². The highest BCUT2D eigenvalue weighted by atomic mass is 35.5. The number of fused-ring (bicyclic) bond motifs is 5. The molecule has 29 heavy (non-hydrogen) atoms. The minimum atomic E-state index is -0.447. The van der Waals surface area contributed by atoms with Gasteiger partial charge in [0.1, 0.15) is 0 Å². The molecule has 0 saturated heterocycles. The largest absolute Gasteiger partial charge is 0.390 e. The van der Waals surface area contributed by atoms with E-state index in [0.29, 0.717) is 29.2 Å². The molecule has 0 aliphatic heterocycles. The number of aliphatic hydroxyl groups is 1. The summed E-state index contributed by atoms with van der Waals surface area (Å²) in [5, 5.41) is 15.4. The van der Waals surface area contributed by atoms with Crippen molar-refractivity contribution in [3.05, 3.63) is 17.4 Å². The first kappa shape index (κ1) is 20.1. The molecular formula is C24H35ClN2O2. The Labute approximate surface area is 179 Å². The maximum absolute atomic E-state index is 13.2. The second-order valence-corrected chi connectivity index (χ2v) is 11.6. The van der Waals surface area contributed by atoms with Crippen molar-refractivity contribution >= 4 is 17.4 Å². The molecule has 0 bridgehead atoms. The summed E-state index contributed by atoms with van der Waals surface area (Å²) in [6.45, 7) is 4.80. The lowest BCUT2D eigenvalue weighted by Gasteiger charge is -2.56. The molecule has 4 fully saturated rings. The second kappa shape index (κ2) is 7.09. The number of aromatic nitrogens is 2. The van der Waals surface area contributed by atoms with Crippen LogP contribution in [0.3, 0.4) is 0 Å². The monoisotopic (exact) mass is 418 g/mol. The Balaban J connectivity index is 1.31. The third kappa shape index (κ3) is 3.39. The van der Waals surface area contributed by atoms with Crippen LogP contribution in [0.25, 0.3) is 0 Å². The van der Waals surface area contributed by atoms with Gasteiger partial charge in [-0.25, -0.2) is 0 Å². The molecule has 1 aromatic heterocycles. The number of carbonyl (C=O) groups is 1. The van der Waals surface area contributed by atoms with E-state index >= 15 is 0 Å². The molecule has 1 heterocycles. The fraction of sp³-hybridized carbons (Fsp3) is 0.833. The summed E-state index contributed by atoms with van der Waals surface area (Å²) in [5.74, 6) is 4.33. The van der Waals surface area contributed by atoms with E-state index < -0.39 is 5.60 Å². The molecule has 0 spiro atoms. The van der Waals surface area contributed by atoms with Crippen LogP contribution < -0.4 is 0 Å². The highest BCUT2D eigenvalue weighted by molar-refractivity contribution is 6.30. The molecule has 5 heteroatoms. The van der Waals surface area contributed by atoms with Gasteiger partial charge in [-0.3, -0.25) is 9.48 Å². The first-order valence-electron chi connectivity index (χ1n) is 11.7. The summed E-state index contributed by atoms with van der Waals surface area (Å²) in [6.07, 6.45) is 13.8. The van der Waals surface area contributed by atoms with Gasteiger partial charge in [-0.05, 0) is 99.7 Å². The fourth-order valence-electron chi connectivity index (χ4n) is 8.31. The fourth-order valence-corrected chi connectivity index (χ4v) is 8.46. The lowest BCUT2D eigenvalue weighted by molar-refractivity contribution is -0.133. The van der Waals surface area contributed by atoms with Crippen LogP contribution in [0.1, 0.15) is 71.6 Å². The van der Waals surface area contributed by atoms with Gasteiger partial charge < -0.3 is 5.11 Å². The summed E-state index contributed by atoms with van der Waals surface area (Å²) in [4.78, 5) is 13.2. The standard InChI is InChI=1S/C24H35ClN2O2/c1-23(29)9-7-17-15(11-23)3-4-19-18(17)8-10-24(2)20(19)5-6-21(24)22(28)14-27-13-16(25)12-26-27/h12-13,15,17-21,29H,3-11,14H2,1-2H3/t15-,17-,18+,19+,20-,21+,23+,24-/m0/s1. The molecule has 4 aliphatic carbocycles. The predicted octanol–water partition coefficient (Wildman–Crippen LogP) is 5.13. The predicted molar refractivity (Wildman–Crippen MR) is 113 cm³/mol. The molecule has 4 nitrogen and oxygen atoms in total. The highest BCUT2D eigenvalue weighted by Gasteiger charge is 2.58. The van der Waals surface area contributed by atoms with E-state index in [0.717, 1.165) is 37.0 Å². The molecule has 5 rings (SSSR count). The molecule has 0 aromatic carbocycles. The van der Waals surface area contributed by atoms with E-state index in [1.54, 1.807) is 17.1 Å². The number of nitrogens with zero attached hydrogens (tertiary/aromatic N) is 2. The number of rotatable bonds is 3. The van der Waals surface area contributed by atoms with E-state index in [-0.39, 0.29) is 11.3 Å². The molecule has 8 atom stereocenters. The van der Waals surface area contributed by atoms with E-state index in [1.807, 2.05) is 6.92 Å². The van der Waals surface area contributed by atoms with Crippen LogP contribution in [0.5, 0.6) is 0 Å². The third-order valence-corrected chi connectivity index (χ3v) is 9.74. The summed E-state index contributed by atoms with van der Waals surface area (Å²) in [6, 6.07) is 0. The molecule has 1 N–H and O–H groups in total. The van der Waals surface area contributed by atoms with Crippen LogP contribution in [-0.2, 0) is 11.3 Å². The van der Waals surface area contributed by atoms with E-state index in [9.17, 15) is 9.90 Å². The molecule has 0 unspecified atom stereocenters. The van der Waals surface area contributed by atoms with Crippen molar-refractivity contribution in [3.63, 3.8) is 0 Å². The zero-order valence-electron chi connectivity index (χ0n) is 17.8. The zero-order valence-corrected chi connectivity index (χ0v) is 18.6. The van der Waals surface area contributed by atoms with Gasteiger partial charge in [0.05, 0.1) is 23.4 Å². The first-order valence-corrected chi connectivity index (χ1v) is 12.1. The minimum Gasteiger partial charge on any atom is -0.390 e. The minimum absolute atomic E-state index is 0.155. The van der Waals surface area contributed by atoms with Crippen molar-refractivity contribution in [1.82, 2.24) is 9.78 Å². The number of carbonyl (C=O) groups excluding carboxylic acids is 1. The molecular weight excluding hydrogens is 384 g/mol. The van der Waals surface area contributed by atoms with Crippen LogP contribution in [0.15, 0.2) is 12.4 Å². The van der Waals surface area contributed by atoms with Crippen molar-refractivity contribution in [2.75, 3.05) is 0 Å². The lowest BCUT2D eigenvalue weighted by atomic mass is 9.49. The number of Topliss-reactive ketones (excluding diaryl/α,β-unsaturated/α-hetero) is 1. The van der Waals surface area contributed by atoms with Crippen LogP contribution in [0, 0.1) is 40.9 Å². The Morgan fingerprint density at radius 2 is 1.93 bits per heavy atom. The maximum Gasteiger partial charge on any atom is 0.157 e. The van der Waals surface area contributed by atoms with Crippen molar-refractivity contribution < 1.29 is 9.90 Å². The molecule has 1 aromatic rings. The van der Waals surface area contributed by atoms with Gasteiger partial charge in [-0.15, -0.1) is 0 Å². The molecule has 160 valence electrons. The normalized spacial score (nSPS) is 46.6.